The molecule has 0 N–H and O–H groups in total. The van der Waals surface area contributed by atoms with E-state index in [2.05, 4.69) is 156 Å². The van der Waals surface area contributed by atoms with Crippen molar-refractivity contribution in [2.75, 3.05) is 9.80 Å². The smallest absolute Gasteiger partial charge is 0.0629 e. The molecule has 0 saturated carbocycles. The molecule has 4 aliphatic rings. The zero-order chi connectivity index (χ0) is 28.2. The van der Waals surface area contributed by atoms with E-state index in [1.807, 2.05) is 12.2 Å². The fourth-order valence-electron chi connectivity index (χ4n) is 7.25. The molecule has 202 valence electrons. The zero-order valence-electron chi connectivity index (χ0n) is 23.5. The van der Waals surface area contributed by atoms with Crippen LogP contribution in [0.1, 0.15) is 34.1 Å². The van der Waals surface area contributed by atoms with Crippen molar-refractivity contribution < 1.29 is 0 Å². The molecule has 0 radical (unpaired) electrons. The molecule has 2 heteroatoms. The third-order valence-electron chi connectivity index (χ3n) is 9.20. The third kappa shape index (κ3) is 3.79. The van der Waals surface area contributed by atoms with Gasteiger partial charge in [-0.1, -0.05) is 110 Å². The van der Waals surface area contributed by atoms with E-state index >= 15 is 0 Å². The largest absolute Gasteiger partial charge is 0.333 e. The summed E-state index contributed by atoms with van der Waals surface area (Å²) in [5.74, 6) is 0.630. The first-order valence-electron chi connectivity index (χ1n) is 14.8. The van der Waals surface area contributed by atoms with E-state index in [4.69, 9.17) is 0 Å². The standard InChI is InChI=1S/C40H32N2/c1-3-27-11-9-13-31(23-27)41-37-17-7-5-15-33(37)35-25-29(19-21-39(35)41)30-20-22-40-36(26-30)34-16-6-8-18-38(34)42(40)32-14-10-12-28(4-2)24-32/h3-26,33-34,37-38H,1-2H2. The second-order valence-electron chi connectivity index (χ2n) is 11.5. The van der Waals surface area contributed by atoms with Crippen LogP contribution in [0, 0.1) is 0 Å². The summed E-state index contributed by atoms with van der Waals surface area (Å²) >= 11 is 0. The fraction of sp³-hybridized carbons (Fsp3) is 0.100. The predicted octanol–water partition coefficient (Wildman–Crippen LogP) is 10.1. The minimum Gasteiger partial charge on any atom is -0.333 e. The van der Waals surface area contributed by atoms with Crippen LogP contribution < -0.4 is 9.80 Å². The van der Waals surface area contributed by atoms with Crippen LogP contribution in [0.4, 0.5) is 22.7 Å². The highest BCUT2D eigenvalue weighted by Crippen LogP contribution is 2.51. The first-order chi connectivity index (χ1) is 20.7. The Morgan fingerprint density at radius 2 is 0.952 bits per heavy atom. The Morgan fingerprint density at radius 3 is 1.40 bits per heavy atom. The van der Waals surface area contributed by atoms with Gasteiger partial charge in [0.2, 0.25) is 0 Å². The second kappa shape index (κ2) is 9.78. The summed E-state index contributed by atoms with van der Waals surface area (Å²) in [7, 11) is 0. The first kappa shape index (κ1) is 24.7. The minimum atomic E-state index is 0.264. The van der Waals surface area contributed by atoms with Crippen molar-refractivity contribution in [1.29, 1.82) is 0 Å². The van der Waals surface area contributed by atoms with Crippen molar-refractivity contribution in [1.82, 2.24) is 0 Å². The van der Waals surface area contributed by atoms with Gasteiger partial charge < -0.3 is 9.80 Å². The molecule has 0 spiro atoms. The maximum absolute atomic E-state index is 3.99. The monoisotopic (exact) mass is 540 g/mol. The lowest BCUT2D eigenvalue weighted by molar-refractivity contribution is 0.744. The molecule has 8 rings (SSSR count). The van der Waals surface area contributed by atoms with E-state index < -0.39 is 0 Å². The van der Waals surface area contributed by atoms with E-state index in [-0.39, 0.29) is 12.1 Å². The molecule has 2 aliphatic heterocycles. The number of rotatable bonds is 5. The average Bonchev–Trinajstić information content (AvgIpc) is 3.57. The summed E-state index contributed by atoms with van der Waals surface area (Å²) in [6.07, 6.45) is 22.0. The van der Waals surface area contributed by atoms with Crippen molar-refractivity contribution >= 4 is 34.9 Å². The van der Waals surface area contributed by atoms with E-state index in [0.29, 0.717) is 11.8 Å². The lowest BCUT2D eigenvalue weighted by Gasteiger charge is -2.29. The average molecular weight is 541 g/mol. The molecule has 0 fully saturated rings. The van der Waals surface area contributed by atoms with E-state index in [1.54, 1.807) is 0 Å². The molecule has 0 aromatic heterocycles. The van der Waals surface area contributed by atoms with Gasteiger partial charge in [-0.3, -0.25) is 0 Å². The predicted molar refractivity (Wildman–Crippen MR) is 179 cm³/mol. The van der Waals surface area contributed by atoms with Crippen LogP contribution in [0.5, 0.6) is 0 Å². The van der Waals surface area contributed by atoms with Gasteiger partial charge in [-0.25, -0.2) is 0 Å². The van der Waals surface area contributed by atoms with Crippen molar-refractivity contribution in [3.63, 3.8) is 0 Å². The fourth-order valence-corrected chi connectivity index (χ4v) is 7.25. The highest BCUT2D eigenvalue weighted by Gasteiger charge is 2.39. The molecule has 4 atom stereocenters. The Kier molecular flexibility index (Phi) is 5.75. The van der Waals surface area contributed by atoms with Crippen molar-refractivity contribution in [3.05, 3.63) is 169 Å². The molecule has 0 saturated heterocycles. The van der Waals surface area contributed by atoms with Gasteiger partial charge in [-0.15, -0.1) is 0 Å². The van der Waals surface area contributed by atoms with Gasteiger partial charge in [-0.2, -0.15) is 0 Å². The number of hydrogen-bond donors (Lipinski definition) is 0. The SMILES string of the molecule is C=Cc1cccc(N2c3ccc(-c4ccc5c(c4)C4C=CC=CC4N5c4cccc(C=C)c4)cc3C3C=CC=CC32)c1. The zero-order valence-corrected chi connectivity index (χ0v) is 23.5. The summed E-state index contributed by atoms with van der Waals surface area (Å²) in [6, 6.07) is 31.9. The van der Waals surface area contributed by atoms with Gasteiger partial charge in [0, 0.05) is 34.6 Å². The number of benzene rings is 4. The van der Waals surface area contributed by atoms with Gasteiger partial charge in [0.1, 0.15) is 0 Å². The maximum Gasteiger partial charge on any atom is 0.0629 e. The van der Waals surface area contributed by atoms with E-state index in [1.165, 1.54) is 45.0 Å². The summed E-state index contributed by atoms with van der Waals surface area (Å²) < 4.78 is 0. The lowest BCUT2D eigenvalue weighted by Crippen LogP contribution is -2.28. The highest BCUT2D eigenvalue weighted by molar-refractivity contribution is 5.83. The maximum atomic E-state index is 3.99. The number of anilines is 4. The quantitative estimate of drug-likeness (QED) is 0.248. The Labute approximate surface area is 248 Å². The molecule has 2 aliphatic carbocycles. The Bertz CT molecular complexity index is 1730. The van der Waals surface area contributed by atoms with Gasteiger partial charge in [0.05, 0.1) is 12.1 Å². The van der Waals surface area contributed by atoms with Crippen LogP contribution in [-0.2, 0) is 0 Å². The summed E-state index contributed by atoms with van der Waals surface area (Å²) in [6.45, 7) is 7.98. The molecule has 4 aromatic rings. The molecule has 4 aromatic carbocycles. The molecular formula is C40H32N2. The normalized spacial score (nSPS) is 22.5. The van der Waals surface area contributed by atoms with Crippen LogP contribution in [0.15, 0.2) is 147 Å². The number of allylic oxidation sites excluding steroid dienone is 4. The van der Waals surface area contributed by atoms with Crippen molar-refractivity contribution in [3.8, 4) is 11.1 Å². The molecule has 2 nitrogen and oxygen atoms in total. The van der Waals surface area contributed by atoms with Gasteiger partial charge in [0.25, 0.3) is 0 Å². The van der Waals surface area contributed by atoms with Gasteiger partial charge in [-0.05, 0) is 81.9 Å². The van der Waals surface area contributed by atoms with Crippen molar-refractivity contribution in [2.24, 2.45) is 0 Å². The minimum absolute atomic E-state index is 0.264. The van der Waals surface area contributed by atoms with E-state index in [0.717, 1.165) is 11.1 Å². The molecule has 42 heavy (non-hydrogen) atoms. The highest BCUT2D eigenvalue weighted by atomic mass is 15.2. The van der Waals surface area contributed by atoms with Gasteiger partial charge in [0.15, 0.2) is 0 Å². The molecular weight excluding hydrogens is 508 g/mol. The third-order valence-corrected chi connectivity index (χ3v) is 9.20. The lowest BCUT2D eigenvalue weighted by atomic mass is 9.88. The Balaban J connectivity index is 1.21. The first-order valence-corrected chi connectivity index (χ1v) is 14.8. The van der Waals surface area contributed by atoms with Crippen LogP contribution in [0.2, 0.25) is 0 Å². The summed E-state index contributed by atoms with van der Waals surface area (Å²) in [4.78, 5) is 4.97. The number of nitrogens with zero attached hydrogens (tertiary/aromatic N) is 2. The molecule has 0 bridgehead atoms. The Hall–Kier alpha value is -5.08. The van der Waals surface area contributed by atoms with Gasteiger partial charge >= 0.3 is 0 Å². The Morgan fingerprint density at radius 1 is 0.500 bits per heavy atom. The molecule has 4 unspecified atom stereocenters. The number of fused-ring (bicyclic) bond motifs is 6. The summed E-state index contributed by atoms with van der Waals surface area (Å²) in [5.41, 5.74) is 12.5. The van der Waals surface area contributed by atoms with E-state index in [9.17, 15) is 0 Å². The van der Waals surface area contributed by atoms with Crippen LogP contribution in [0.25, 0.3) is 23.3 Å². The van der Waals surface area contributed by atoms with Crippen LogP contribution >= 0.6 is 0 Å². The topological polar surface area (TPSA) is 6.48 Å². The van der Waals surface area contributed by atoms with Crippen molar-refractivity contribution in [2.45, 2.75) is 23.9 Å². The van der Waals surface area contributed by atoms with Crippen LogP contribution in [-0.4, -0.2) is 12.1 Å². The summed E-state index contributed by atoms with van der Waals surface area (Å²) in [5, 5.41) is 0. The second-order valence-corrected chi connectivity index (χ2v) is 11.5. The molecule has 2 heterocycles. The number of hydrogen-bond acceptors (Lipinski definition) is 2. The molecule has 0 amide bonds. The van der Waals surface area contributed by atoms with Crippen LogP contribution in [0.3, 0.4) is 0 Å².